The average Bonchev–Trinajstić information content (AvgIpc) is 3.01. The fourth-order valence-corrected chi connectivity index (χ4v) is 4.65. The zero-order valence-electron chi connectivity index (χ0n) is 17.9. The van der Waals surface area contributed by atoms with Crippen molar-refractivity contribution in [3.63, 3.8) is 0 Å². The number of rotatable bonds is 8. The fraction of sp³-hybridized carbons (Fsp3) is 0.409. The third-order valence-corrected chi connectivity index (χ3v) is 5.97. The van der Waals surface area contributed by atoms with Gasteiger partial charge in [-0.05, 0) is 42.2 Å². The first-order valence-electron chi connectivity index (χ1n) is 9.87. The lowest BCUT2D eigenvalue weighted by Crippen LogP contribution is -2.28. The predicted octanol–water partition coefficient (Wildman–Crippen LogP) is 3.49. The minimum atomic E-state index is -3.40. The van der Waals surface area contributed by atoms with E-state index in [9.17, 15) is 13.2 Å². The molecule has 1 atom stereocenters. The number of imidazole rings is 1. The summed E-state index contributed by atoms with van der Waals surface area (Å²) in [5.74, 6) is 1.04. The maximum atomic E-state index is 13.0. The minimum absolute atomic E-state index is 0.208. The van der Waals surface area contributed by atoms with E-state index >= 15 is 0 Å². The Hall–Kier alpha value is -2.74. The third-order valence-electron chi connectivity index (χ3n) is 5.05. The van der Waals surface area contributed by atoms with Crippen LogP contribution in [0.3, 0.4) is 0 Å². The van der Waals surface area contributed by atoms with Gasteiger partial charge in [0.05, 0.1) is 36.5 Å². The van der Waals surface area contributed by atoms with Gasteiger partial charge in [-0.25, -0.2) is 13.2 Å². The van der Waals surface area contributed by atoms with Crippen LogP contribution in [0.2, 0.25) is 0 Å². The number of hydrogen-bond donors (Lipinski definition) is 1. The van der Waals surface area contributed by atoms with Crippen molar-refractivity contribution in [3.05, 3.63) is 58.0 Å². The van der Waals surface area contributed by atoms with Crippen molar-refractivity contribution in [1.29, 1.82) is 0 Å². The second-order valence-corrected chi connectivity index (χ2v) is 9.83. The van der Waals surface area contributed by atoms with E-state index in [0.29, 0.717) is 29.2 Å². The summed E-state index contributed by atoms with van der Waals surface area (Å²) in [7, 11) is -1.85. The summed E-state index contributed by atoms with van der Waals surface area (Å²) in [6.07, 6.45) is 1.17. The van der Waals surface area contributed by atoms with Crippen molar-refractivity contribution in [2.24, 2.45) is 0 Å². The number of nitrogens with one attached hydrogen (secondary N) is 1. The SMILES string of the molecule is CCOc1cc(C(CS(C)(=O)=O)n2c(=O)[nH]c3c(C(C)C)cccc32)ccc1OC. The monoisotopic (exact) mass is 432 g/mol. The highest BCUT2D eigenvalue weighted by Gasteiger charge is 2.25. The fourth-order valence-electron chi connectivity index (χ4n) is 3.74. The van der Waals surface area contributed by atoms with Gasteiger partial charge in [-0.3, -0.25) is 4.57 Å². The van der Waals surface area contributed by atoms with Crippen LogP contribution < -0.4 is 15.2 Å². The van der Waals surface area contributed by atoms with E-state index in [2.05, 4.69) is 18.8 Å². The van der Waals surface area contributed by atoms with Crippen molar-refractivity contribution < 1.29 is 17.9 Å². The number of aromatic amines is 1. The second kappa shape index (κ2) is 8.55. The van der Waals surface area contributed by atoms with Crippen LogP contribution in [-0.2, 0) is 9.84 Å². The topological polar surface area (TPSA) is 90.4 Å². The van der Waals surface area contributed by atoms with Gasteiger partial charge in [0.15, 0.2) is 11.5 Å². The molecular weight excluding hydrogens is 404 g/mol. The van der Waals surface area contributed by atoms with Crippen molar-refractivity contribution >= 4 is 20.9 Å². The highest BCUT2D eigenvalue weighted by atomic mass is 32.2. The van der Waals surface area contributed by atoms with Crippen LogP contribution in [0.15, 0.2) is 41.2 Å². The van der Waals surface area contributed by atoms with Gasteiger partial charge in [0.1, 0.15) is 9.84 Å². The van der Waals surface area contributed by atoms with E-state index in [0.717, 1.165) is 11.1 Å². The summed E-state index contributed by atoms with van der Waals surface area (Å²) >= 11 is 0. The Balaban J connectivity index is 2.27. The summed E-state index contributed by atoms with van der Waals surface area (Å²) < 4.78 is 37.1. The number of H-pyrrole nitrogens is 1. The Morgan fingerprint density at radius 1 is 1.13 bits per heavy atom. The Morgan fingerprint density at radius 2 is 1.87 bits per heavy atom. The van der Waals surface area contributed by atoms with Crippen molar-refractivity contribution in [1.82, 2.24) is 9.55 Å². The molecule has 0 spiro atoms. The van der Waals surface area contributed by atoms with E-state index in [-0.39, 0.29) is 17.4 Å². The zero-order chi connectivity index (χ0) is 22.1. The van der Waals surface area contributed by atoms with Crippen LogP contribution in [0.4, 0.5) is 0 Å². The van der Waals surface area contributed by atoms with Gasteiger partial charge in [-0.1, -0.05) is 32.0 Å². The molecule has 0 aliphatic carbocycles. The van der Waals surface area contributed by atoms with Gasteiger partial charge in [-0.15, -0.1) is 0 Å². The van der Waals surface area contributed by atoms with E-state index in [1.54, 1.807) is 25.3 Å². The number of sulfone groups is 1. The van der Waals surface area contributed by atoms with Crippen molar-refractivity contribution in [2.45, 2.75) is 32.7 Å². The average molecular weight is 433 g/mol. The molecule has 8 heteroatoms. The van der Waals surface area contributed by atoms with Gasteiger partial charge in [0.2, 0.25) is 0 Å². The summed E-state index contributed by atoms with van der Waals surface area (Å²) in [6.45, 7) is 6.39. The Labute approximate surface area is 176 Å². The maximum absolute atomic E-state index is 13.0. The summed E-state index contributed by atoms with van der Waals surface area (Å²) in [5, 5.41) is 0. The number of aromatic nitrogens is 2. The third kappa shape index (κ3) is 4.38. The zero-order valence-corrected chi connectivity index (χ0v) is 18.7. The van der Waals surface area contributed by atoms with Crippen LogP contribution >= 0.6 is 0 Å². The molecule has 1 N–H and O–H groups in total. The van der Waals surface area contributed by atoms with Gasteiger partial charge >= 0.3 is 5.69 Å². The molecule has 0 fully saturated rings. The number of ether oxygens (including phenoxy) is 2. The molecule has 1 aromatic heterocycles. The van der Waals surface area contributed by atoms with Gasteiger partial charge in [-0.2, -0.15) is 0 Å². The first kappa shape index (κ1) is 22.0. The molecule has 30 heavy (non-hydrogen) atoms. The predicted molar refractivity (Wildman–Crippen MR) is 119 cm³/mol. The van der Waals surface area contributed by atoms with Crippen molar-refractivity contribution in [2.75, 3.05) is 25.7 Å². The lowest BCUT2D eigenvalue weighted by atomic mass is 10.0. The minimum Gasteiger partial charge on any atom is -0.493 e. The lowest BCUT2D eigenvalue weighted by Gasteiger charge is -2.20. The van der Waals surface area contributed by atoms with E-state index in [1.807, 2.05) is 25.1 Å². The normalized spacial score (nSPS) is 13.0. The summed E-state index contributed by atoms with van der Waals surface area (Å²) in [5.41, 5.74) is 2.72. The number of nitrogens with zero attached hydrogens (tertiary/aromatic N) is 1. The quantitative estimate of drug-likeness (QED) is 0.588. The first-order chi connectivity index (χ1) is 14.2. The molecule has 0 amide bonds. The molecule has 0 radical (unpaired) electrons. The van der Waals surface area contributed by atoms with E-state index < -0.39 is 15.9 Å². The molecule has 3 aromatic rings. The summed E-state index contributed by atoms with van der Waals surface area (Å²) in [6, 6.07) is 10.2. The largest absolute Gasteiger partial charge is 0.493 e. The molecule has 1 heterocycles. The first-order valence-corrected chi connectivity index (χ1v) is 11.9. The Morgan fingerprint density at radius 3 is 2.47 bits per heavy atom. The van der Waals surface area contributed by atoms with Crippen LogP contribution in [0.1, 0.15) is 43.9 Å². The van der Waals surface area contributed by atoms with Crippen LogP contribution in [-0.4, -0.2) is 43.7 Å². The highest BCUT2D eigenvalue weighted by Crippen LogP contribution is 2.33. The summed E-state index contributed by atoms with van der Waals surface area (Å²) in [4.78, 5) is 15.9. The lowest BCUT2D eigenvalue weighted by molar-refractivity contribution is 0.310. The van der Waals surface area contributed by atoms with Gasteiger partial charge in [0, 0.05) is 6.26 Å². The standard InChI is InChI=1S/C22H28N2O5S/c1-6-29-20-12-15(10-11-19(20)28-4)18(13-30(5,26)27)24-17-9-7-8-16(14(2)3)21(17)23-22(24)25/h7-12,14,18H,6,13H2,1-5H3,(H,23,25). The molecule has 0 aliphatic heterocycles. The van der Waals surface area contributed by atoms with Gasteiger partial charge in [0.25, 0.3) is 0 Å². The maximum Gasteiger partial charge on any atom is 0.327 e. The number of para-hydroxylation sites is 1. The van der Waals surface area contributed by atoms with Crippen LogP contribution in [0, 0.1) is 0 Å². The number of benzene rings is 2. The van der Waals surface area contributed by atoms with E-state index in [1.165, 1.54) is 10.8 Å². The Kier molecular flexibility index (Phi) is 6.26. The molecule has 3 rings (SSSR count). The molecule has 0 aliphatic rings. The van der Waals surface area contributed by atoms with Crippen LogP contribution in [0.5, 0.6) is 11.5 Å². The molecular formula is C22H28N2O5S. The van der Waals surface area contributed by atoms with Crippen molar-refractivity contribution in [3.8, 4) is 11.5 Å². The number of methoxy groups -OCH3 is 1. The number of fused-ring (bicyclic) bond motifs is 1. The van der Waals surface area contributed by atoms with Crippen LogP contribution in [0.25, 0.3) is 11.0 Å². The molecule has 0 bridgehead atoms. The van der Waals surface area contributed by atoms with E-state index in [4.69, 9.17) is 9.47 Å². The molecule has 1 unspecified atom stereocenters. The Bertz CT molecular complexity index is 1210. The second-order valence-electron chi connectivity index (χ2n) is 7.65. The highest BCUT2D eigenvalue weighted by molar-refractivity contribution is 7.90. The molecule has 7 nitrogen and oxygen atoms in total. The smallest absolute Gasteiger partial charge is 0.327 e. The molecule has 2 aromatic carbocycles. The number of hydrogen-bond acceptors (Lipinski definition) is 5. The molecule has 162 valence electrons. The molecule has 0 saturated carbocycles. The molecule has 0 saturated heterocycles. The van der Waals surface area contributed by atoms with Gasteiger partial charge < -0.3 is 14.5 Å².